The molecule has 3 aromatic carbocycles. The van der Waals surface area contributed by atoms with Crippen molar-refractivity contribution in [2.75, 3.05) is 18.5 Å². The van der Waals surface area contributed by atoms with Crippen LogP contribution in [0.5, 0.6) is 17.2 Å². The lowest BCUT2D eigenvalue weighted by molar-refractivity contribution is 0.246. The Hall–Kier alpha value is -3.54. The predicted molar refractivity (Wildman–Crippen MR) is 102 cm³/mol. The molecule has 0 aromatic heterocycles. The van der Waals surface area contributed by atoms with Gasteiger partial charge in [-0.15, -0.1) is 0 Å². The minimum atomic E-state index is -0.431. The monoisotopic (exact) mass is 366 g/mol. The average Bonchev–Trinajstić information content (AvgIpc) is 2.69. The van der Waals surface area contributed by atoms with E-state index < -0.39 is 5.82 Å². The molecule has 3 rings (SSSR count). The molecule has 5 nitrogen and oxygen atoms in total. The summed E-state index contributed by atoms with van der Waals surface area (Å²) in [6.07, 6.45) is 0. The maximum absolute atomic E-state index is 13.4. The number of rotatable bonds is 7. The summed E-state index contributed by atoms with van der Waals surface area (Å²) in [4.78, 5) is 11.9. The van der Waals surface area contributed by atoms with Crippen molar-refractivity contribution in [2.24, 2.45) is 0 Å². The molecule has 0 saturated heterocycles. The zero-order chi connectivity index (χ0) is 18.9. The number of amides is 2. The average molecular weight is 366 g/mol. The van der Waals surface area contributed by atoms with E-state index in [4.69, 9.17) is 9.47 Å². The molecular weight excluding hydrogens is 347 g/mol. The molecule has 0 heterocycles. The van der Waals surface area contributed by atoms with Crippen LogP contribution in [-0.2, 0) is 0 Å². The third-order valence-electron chi connectivity index (χ3n) is 3.57. The molecule has 3 aromatic rings. The molecule has 138 valence electrons. The molecule has 0 fully saturated rings. The number of para-hydroxylation sites is 2. The van der Waals surface area contributed by atoms with Crippen molar-refractivity contribution in [3.05, 3.63) is 84.7 Å². The summed E-state index contributed by atoms with van der Waals surface area (Å²) < 4.78 is 24.4. The van der Waals surface area contributed by atoms with Gasteiger partial charge in [-0.2, -0.15) is 0 Å². The Bertz CT molecular complexity index is 870. The van der Waals surface area contributed by atoms with Crippen molar-refractivity contribution >= 4 is 11.7 Å². The molecule has 6 heteroatoms. The van der Waals surface area contributed by atoms with Crippen LogP contribution in [0.4, 0.5) is 14.9 Å². The predicted octanol–water partition coefficient (Wildman–Crippen LogP) is 4.82. The van der Waals surface area contributed by atoms with Crippen molar-refractivity contribution in [1.82, 2.24) is 5.32 Å². The molecule has 0 aliphatic rings. The number of ether oxygens (including phenoxy) is 2. The van der Waals surface area contributed by atoms with Crippen molar-refractivity contribution < 1.29 is 18.7 Å². The van der Waals surface area contributed by atoms with Gasteiger partial charge in [0.1, 0.15) is 18.1 Å². The number of anilines is 1. The van der Waals surface area contributed by atoms with Crippen LogP contribution < -0.4 is 20.1 Å². The minimum absolute atomic E-state index is 0.161. The van der Waals surface area contributed by atoms with E-state index >= 15 is 0 Å². The maximum atomic E-state index is 13.4. The summed E-state index contributed by atoms with van der Waals surface area (Å²) in [6.45, 7) is 0.410. The van der Waals surface area contributed by atoms with Gasteiger partial charge in [-0.25, -0.2) is 9.18 Å². The fourth-order valence-corrected chi connectivity index (χ4v) is 2.29. The Morgan fingerprint density at radius 2 is 1.52 bits per heavy atom. The fourth-order valence-electron chi connectivity index (χ4n) is 2.29. The first-order valence-corrected chi connectivity index (χ1v) is 8.46. The SMILES string of the molecule is O=C(NCCOc1ccccc1F)Nc1ccc(Oc2ccccc2)cc1. The number of hydrogen-bond acceptors (Lipinski definition) is 3. The van der Waals surface area contributed by atoms with Crippen molar-refractivity contribution in [3.63, 3.8) is 0 Å². The van der Waals surface area contributed by atoms with Crippen LogP contribution in [0.2, 0.25) is 0 Å². The van der Waals surface area contributed by atoms with Crippen molar-refractivity contribution in [3.8, 4) is 17.2 Å². The molecule has 0 unspecified atom stereocenters. The smallest absolute Gasteiger partial charge is 0.319 e. The quantitative estimate of drug-likeness (QED) is 0.590. The van der Waals surface area contributed by atoms with Crippen LogP contribution >= 0.6 is 0 Å². The number of carbonyl (C=O) groups excluding carboxylic acids is 1. The molecule has 0 aliphatic carbocycles. The zero-order valence-corrected chi connectivity index (χ0v) is 14.5. The lowest BCUT2D eigenvalue weighted by Gasteiger charge is -2.10. The van der Waals surface area contributed by atoms with E-state index in [2.05, 4.69) is 10.6 Å². The molecule has 0 spiro atoms. The molecule has 0 radical (unpaired) electrons. The topological polar surface area (TPSA) is 59.6 Å². The number of hydrogen-bond donors (Lipinski definition) is 2. The highest BCUT2D eigenvalue weighted by atomic mass is 19.1. The minimum Gasteiger partial charge on any atom is -0.489 e. The Balaban J connectivity index is 1.41. The second kappa shape index (κ2) is 9.24. The lowest BCUT2D eigenvalue weighted by atomic mass is 10.3. The number of carbonyl (C=O) groups is 1. The summed E-state index contributed by atoms with van der Waals surface area (Å²) >= 11 is 0. The van der Waals surface area contributed by atoms with Gasteiger partial charge in [0.05, 0.1) is 6.54 Å². The van der Waals surface area contributed by atoms with Crippen LogP contribution in [0.25, 0.3) is 0 Å². The summed E-state index contributed by atoms with van der Waals surface area (Å²) in [6, 6.07) is 22.2. The van der Waals surface area contributed by atoms with Gasteiger partial charge in [-0.3, -0.25) is 0 Å². The zero-order valence-electron chi connectivity index (χ0n) is 14.5. The van der Waals surface area contributed by atoms with Gasteiger partial charge in [-0.1, -0.05) is 30.3 Å². The van der Waals surface area contributed by atoms with Gasteiger partial charge in [-0.05, 0) is 48.5 Å². The van der Waals surface area contributed by atoms with E-state index in [0.717, 1.165) is 5.75 Å². The van der Waals surface area contributed by atoms with Crippen LogP contribution in [0, 0.1) is 5.82 Å². The molecule has 27 heavy (non-hydrogen) atoms. The number of benzene rings is 3. The van der Waals surface area contributed by atoms with E-state index in [1.54, 1.807) is 36.4 Å². The third kappa shape index (κ3) is 5.74. The molecule has 2 N–H and O–H groups in total. The Morgan fingerprint density at radius 1 is 0.852 bits per heavy atom. The highest BCUT2D eigenvalue weighted by molar-refractivity contribution is 5.89. The van der Waals surface area contributed by atoms with E-state index in [9.17, 15) is 9.18 Å². The molecular formula is C21H19FN2O3. The van der Waals surface area contributed by atoms with Gasteiger partial charge < -0.3 is 20.1 Å². The number of urea groups is 1. The Labute approximate surface area is 156 Å². The van der Waals surface area contributed by atoms with Crippen LogP contribution in [0.3, 0.4) is 0 Å². The van der Waals surface area contributed by atoms with Gasteiger partial charge in [0.25, 0.3) is 0 Å². The molecule has 0 aliphatic heterocycles. The van der Waals surface area contributed by atoms with Crippen molar-refractivity contribution in [1.29, 1.82) is 0 Å². The highest BCUT2D eigenvalue weighted by Crippen LogP contribution is 2.22. The summed E-state index contributed by atoms with van der Waals surface area (Å²) in [7, 11) is 0. The van der Waals surface area contributed by atoms with Crippen LogP contribution in [0.15, 0.2) is 78.9 Å². The fraction of sp³-hybridized carbons (Fsp3) is 0.0952. The summed E-state index contributed by atoms with van der Waals surface area (Å²) in [5.74, 6) is 1.14. The third-order valence-corrected chi connectivity index (χ3v) is 3.57. The molecule has 0 atom stereocenters. The van der Waals surface area contributed by atoms with Gasteiger partial charge in [0.2, 0.25) is 0 Å². The lowest BCUT2D eigenvalue weighted by Crippen LogP contribution is -2.32. The normalized spacial score (nSPS) is 10.1. The van der Waals surface area contributed by atoms with Crippen LogP contribution in [0.1, 0.15) is 0 Å². The van der Waals surface area contributed by atoms with E-state index in [1.165, 1.54) is 12.1 Å². The molecule has 0 bridgehead atoms. The van der Waals surface area contributed by atoms with Crippen LogP contribution in [-0.4, -0.2) is 19.2 Å². The second-order valence-corrected chi connectivity index (χ2v) is 5.60. The van der Waals surface area contributed by atoms with Gasteiger partial charge in [0.15, 0.2) is 11.6 Å². The largest absolute Gasteiger partial charge is 0.489 e. The van der Waals surface area contributed by atoms with Gasteiger partial charge in [0, 0.05) is 5.69 Å². The summed E-state index contributed by atoms with van der Waals surface area (Å²) in [5.41, 5.74) is 0.628. The Kier molecular flexibility index (Phi) is 6.25. The molecule has 0 saturated carbocycles. The highest BCUT2D eigenvalue weighted by Gasteiger charge is 2.04. The first kappa shape index (κ1) is 18.3. The standard InChI is InChI=1S/C21H19FN2O3/c22-19-8-4-5-9-20(19)26-15-14-23-21(25)24-16-10-12-18(13-11-16)27-17-6-2-1-3-7-17/h1-13H,14-15H2,(H2,23,24,25). The Morgan fingerprint density at radius 3 is 2.26 bits per heavy atom. The first-order valence-electron chi connectivity index (χ1n) is 8.46. The first-order chi connectivity index (χ1) is 13.2. The number of halogens is 1. The second-order valence-electron chi connectivity index (χ2n) is 5.60. The summed E-state index contributed by atoms with van der Waals surface area (Å²) in [5, 5.41) is 5.35. The van der Waals surface area contributed by atoms with Crippen molar-refractivity contribution in [2.45, 2.75) is 0 Å². The maximum Gasteiger partial charge on any atom is 0.319 e. The van der Waals surface area contributed by atoms with E-state index in [1.807, 2.05) is 30.3 Å². The van der Waals surface area contributed by atoms with Gasteiger partial charge >= 0.3 is 6.03 Å². The number of nitrogens with one attached hydrogen (secondary N) is 2. The van der Waals surface area contributed by atoms with E-state index in [-0.39, 0.29) is 24.9 Å². The molecule has 2 amide bonds. The van der Waals surface area contributed by atoms with E-state index in [0.29, 0.717) is 11.4 Å².